The van der Waals surface area contributed by atoms with Crippen molar-refractivity contribution in [3.8, 4) is 0 Å². The third-order valence-electron chi connectivity index (χ3n) is 8.88. The predicted molar refractivity (Wildman–Crippen MR) is 182 cm³/mol. The summed E-state index contributed by atoms with van der Waals surface area (Å²) in [5.74, 6) is -1.49. The van der Waals surface area contributed by atoms with Gasteiger partial charge in [0.15, 0.2) is 0 Å². The fourth-order valence-corrected chi connectivity index (χ4v) is 6.27. The smallest absolute Gasteiger partial charge is 0.332 e. The van der Waals surface area contributed by atoms with Crippen molar-refractivity contribution in [2.45, 2.75) is 51.1 Å². The summed E-state index contributed by atoms with van der Waals surface area (Å²) in [7, 11) is 1.35. The van der Waals surface area contributed by atoms with Crippen molar-refractivity contribution in [2.75, 3.05) is 51.3 Å². The highest BCUT2D eigenvalue weighted by Gasteiger charge is 2.50. The molecule has 10 heteroatoms. The molecule has 3 amide bonds. The van der Waals surface area contributed by atoms with Gasteiger partial charge >= 0.3 is 5.97 Å². The fraction of sp³-hybridized carbons (Fsp3) is 0.405. The molecule has 4 rings (SSSR count). The number of methoxy groups -OCH3 is 1. The highest BCUT2D eigenvalue weighted by molar-refractivity contribution is 6.02. The van der Waals surface area contributed by atoms with Gasteiger partial charge in [-0.05, 0) is 54.5 Å². The van der Waals surface area contributed by atoms with Crippen molar-refractivity contribution in [1.29, 1.82) is 0 Å². The van der Waals surface area contributed by atoms with Crippen molar-refractivity contribution in [3.63, 3.8) is 0 Å². The summed E-state index contributed by atoms with van der Waals surface area (Å²) < 4.78 is 5.33. The van der Waals surface area contributed by atoms with Gasteiger partial charge in [0.05, 0.1) is 20.2 Å². The number of nitrogens with one attached hydrogen (secondary N) is 1. The molecule has 0 radical (unpaired) electrons. The number of hydrogen-bond acceptors (Lipinski definition) is 7. The van der Waals surface area contributed by atoms with E-state index in [2.05, 4.69) is 22.3 Å². The number of piperidine rings is 1. The zero-order chi connectivity index (χ0) is 33.6. The first-order valence-corrected chi connectivity index (χ1v) is 16.4. The van der Waals surface area contributed by atoms with E-state index < -0.39 is 17.4 Å². The van der Waals surface area contributed by atoms with Crippen LogP contribution in [-0.4, -0.2) is 85.4 Å². The number of amides is 3. The van der Waals surface area contributed by atoms with Crippen molar-refractivity contribution in [3.05, 3.63) is 102 Å². The molecule has 0 aromatic heterocycles. The van der Waals surface area contributed by atoms with Crippen LogP contribution in [0.1, 0.15) is 42.9 Å². The molecule has 10 nitrogen and oxygen atoms in total. The molecule has 0 atom stereocenters. The average molecular weight is 642 g/mol. The summed E-state index contributed by atoms with van der Waals surface area (Å²) in [5, 5.41) is 2.80. The van der Waals surface area contributed by atoms with E-state index in [1.54, 1.807) is 4.90 Å². The second-order valence-electron chi connectivity index (χ2n) is 11.8. The van der Waals surface area contributed by atoms with Gasteiger partial charge in [-0.15, -0.1) is 0 Å². The first-order chi connectivity index (χ1) is 22.8. The number of carbonyl (C=O) groups excluding carboxylic acids is 4. The topological polar surface area (TPSA) is 125 Å². The lowest BCUT2D eigenvalue weighted by atomic mass is 9.84. The van der Waals surface area contributed by atoms with Crippen LogP contribution in [0, 0.1) is 0 Å². The highest BCUT2D eigenvalue weighted by Crippen LogP contribution is 2.35. The number of esters is 1. The van der Waals surface area contributed by atoms with Crippen molar-refractivity contribution >= 4 is 29.4 Å². The quantitative estimate of drug-likeness (QED) is 0.244. The van der Waals surface area contributed by atoms with Crippen LogP contribution in [0.3, 0.4) is 0 Å². The molecule has 0 aliphatic carbocycles. The number of para-hydroxylation sites is 1. The van der Waals surface area contributed by atoms with Gasteiger partial charge in [-0.3, -0.25) is 19.3 Å². The SMILES string of the molecule is CCc1ccccc1CN(CC(=O)NCCC(=O)N(c1ccccc1)C1(C(=O)OC)CCN(CCc2ccccc2)CC1)C(=O)CN. The van der Waals surface area contributed by atoms with Crippen LogP contribution >= 0.6 is 0 Å². The lowest BCUT2D eigenvalue weighted by Gasteiger charge is -2.46. The Morgan fingerprint density at radius 1 is 0.872 bits per heavy atom. The fourth-order valence-electron chi connectivity index (χ4n) is 6.27. The second kappa shape index (κ2) is 17.4. The van der Waals surface area contributed by atoms with Crippen molar-refractivity contribution in [2.24, 2.45) is 5.73 Å². The second-order valence-corrected chi connectivity index (χ2v) is 11.8. The lowest BCUT2D eigenvalue weighted by molar-refractivity contribution is -0.151. The molecule has 0 unspecified atom stereocenters. The van der Waals surface area contributed by atoms with Gasteiger partial charge in [0.25, 0.3) is 0 Å². The average Bonchev–Trinajstić information content (AvgIpc) is 3.11. The van der Waals surface area contributed by atoms with E-state index >= 15 is 0 Å². The number of rotatable bonds is 15. The summed E-state index contributed by atoms with van der Waals surface area (Å²) in [6.07, 6.45) is 2.48. The molecule has 1 fully saturated rings. The van der Waals surface area contributed by atoms with Crippen LogP contribution < -0.4 is 16.0 Å². The third-order valence-corrected chi connectivity index (χ3v) is 8.88. The number of carbonyl (C=O) groups is 4. The van der Waals surface area contributed by atoms with Crippen LogP contribution in [-0.2, 0) is 43.3 Å². The zero-order valence-electron chi connectivity index (χ0n) is 27.5. The Bertz CT molecular complexity index is 1470. The maximum absolute atomic E-state index is 14.0. The van der Waals surface area contributed by atoms with E-state index in [0.717, 1.165) is 30.5 Å². The number of nitrogens with two attached hydrogens (primary N) is 1. The highest BCUT2D eigenvalue weighted by atomic mass is 16.5. The Labute approximate surface area is 277 Å². The molecule has 0 saturated carbocycles. The van der Waals surface area contributed by atoms with E-state index in [0.29, 0.717) is 31.6 Å². The van der Waals surface area contributed by atoms with E-state index in [4.69, 9.17) is 10.5 Å². The van der Waals surface area contributed by atoms with Gasteiger partial charge in [0.2, 0.25) is 17.7 Å². The number of benzene rings is 3. The Hall–Kier alpha value is -4.54. The molecule has 3 aromatic carbocycles. The molecule has 3 aromatic rings. The van der Waals surface area contributed by atoms with Crippen molar-refractivity contribution < 1.29 is 23.9 Å². The normalized spacial score (nSPS) is 14.2. The number of nitrogens with zero attached hydrogens (tertiary/aromatic N) is 3. The van der Waals surface area contributed by atoms with Gasteiger partial charge in [0, 0.05) is 44.8 Å². The summed E-state index contributed by atoms with van der Waals surface area (Å²) in [6.45, 7) is 4.04. The molecule has 3 N–H and O–H groups in total. The van der Waals surface area contributed by atoms with Crippen LogP contribution in [0.2, 0.25) is 0 Å². The number of likely N-dealkylation sites (tertiary alicyclic amines) is 1. The molecule has 1 aliphatic rings. The molecule has 0 bridgehead atoms. The van der Waals surface area contributed by atoms with Crippen LogP contribution in [0.4, 0.5) is 5.69 Å². The Kier molecular flexibility index (Phi) is 13.1. The number of aryl methyl sites for hydroxylation is 1. The largest absolute Gasteiger partial charge is 0.467 e. The molecular formula is C37H47N5O5. The first-order valence-electron chi connectivity index (χ1n) is 16.4. The molecule has 250 valence electrons. The molecule has 47 heavy (non-hydrogen) atoms. The Morgan fingerprint density at radius 2 is 1.49 bits per heavy atom. The van der Waals surface area contributed by atoms with E-state index in [1.807, 2.05) is 79.7 Å². The molecule has 0 spiro atoms. The minimum atomic E-state index is -1.18. The van der Waals surface area contributed by atoms with Gasteiger partial charge in [-0.2, -0.15) is 0 Å². The van der Waals surface area contributed by atoms with Crippen molar-refractivity contribution in [1.82, 2.24) is 15.1 Å². The summed E-state index contributed by atoms with van der Waals surface area (Å²) in [5.41, 5.74) is 8.37. The van der Waals surface area contributed by atoms with Crippen LogP contribution in [0.25, 0.3) is 0 Å². The first kappa shape index (κ1) is 35.3. The van der Waals surface area contributed by atoms with E-state index in [-0.39, 0.29) is 44.4 Å². The molecule has 1 heterocycles. The van der Waals surface area contributed by atoms with Crippen LogP contribution in [0.5, 0.6) is 0 Å². The Balaban J connectivity index is 1.43. The minimum absolute atomic E-state index is 0.0393. The van der Waals surface area contributed by atoms with Gasteiger partial charge < -0.3 is 25.6 Å². The lowest BCUT2D eigenvalue weighted by Crippen LogP contribution is -2.63. The van der Waals surface area contributed by atoms with E-state index in [1.165, 1.54) is 17.6 Å². The summed E-state index contributed by atoms with van der Waals surface area (Å²) >= 11 is 0. The number of anilines is 1. The number of hydrogen-bond donors (Lipinski definition) is 2. The molecule has 1 aliphatic heterocycles. The van der Waals surface area contributed by atoms with Gasteiger partial charge in [-0.25, -0.2) is 4.79 Å². The maximum Gasteiger partial charge on any atom is 0.332 e. The summed E-state index contributed by atoms with van der Waals surface area (Å²) in [6, 6.07) is 27.2. The van der Waals surface area contributed by atoms with E-state index in [9.17, 15) is 19.2 Å². The number of ether oxygens (including phenoxy) is 1. The third kappa shape index (κ3) is 9.27. The minimum Gasteiger partial charge on any atom is -0.467 e. The molecule has 1 saturated heterocycles. The maximum atomic E-state index is 14.0. The monoisotopic (exact) mass is 641 g/mol. The Morgan fingerprint density at radius 3 is 2.11 bits per heavy atom. The summed E-state index contributed by atoms with van der Waals surface area (Å²) in [4.78, 5) is 58.5. The standard InChI is InChI=1S/C37H47N5O5/c1-3-30-14-10-11-15-31(30)27-41(35(45)26-38)28-33(43)39-22-18-34(44)42(32-16-8-5-9-17-32)37(36(46)47-2)20-24-40(25-21-37)23-19-29-12-6-4-7-13-29/h4-17H,3,18-28,38H2,1-2H3,(H,39,43). The van der Waals surface area contributed by atoms with Gasteiger partial charge in [0.1, 0.15) is 5.54 Å². The zero-order valence-corrected chi connectivity index (χ0v) is 27.5. The van der Waals surface area contributed by atoms with Crippen LogP contribution in [0.15, 0.2) is 84.9 Å². The predicted octanol–water partition coefficient (Wildman–Crippen LogP) is 3.33. The van der Waals surface area contributed by atoms with Gasteiger partial charge in [-0.1, -0.05) is 79.7 Å². The molecular weight excluding hydrogens is 594 g/mol.